The SMILES string of the molecule is CC[C@H](C)[C@H](NC(=O)C(C)NC(=O)c1ccc(Cl)cc1)C(=O)O. The topological polar surface area (TPSA) is 95.5 Å². The molecule has 126 valence electrons. The van der Waals surface area contributed by atoms with Crippen molar-refractivity contribution in [2.24, 2.45) is 5.92 Å². The zero-order valence-electron chi connectivity index (χ0n) is 13.3. The molecule has 0 radical (unpaired) electrons. The number of halogens is 1. The molecule has 1 rings (SSSR count). The number of hydrogen-bond acceptors (Lipinski definition) is 3. The van der Waals surface area contributed by atoms with Crippen molar-refractivity contribution < 1.29 is 19.5 Å². The highest BCUT2D eigenvalue weighted by molar-refractivity contribution is 6.30. The Kier molecular flexibility index (Phi) is 7.03. The minimum absolute atomic E-state index is 0.212. The molecule has 0 aliphatic carbocycles. The van der Waals surface area contributed by atoms with Crippen LogP contribution in [0.25, 0.3) is 0 Å². The molecule has 0 saturated carbocycles. The molecule has 0 fully saturated rings. The van der Waals surface area contributed by atoms with E-state index in [1.54, 1.807) is 31.2 Å². The second-order valence-corrected chi connectivity index (χ2v) is 5.85. The maximum atomic E-state index is 12.1. The van der Waals surface area contributed by atoms with Crippen molar-refractivity contribution in [1.29, 1.82) is 0 Å². The van der Waals surface area contributed by atoms with Crippen molar-refractivity contribution in [1.82, 2.24) is 10.6 Å². The quantitative estimate of drug-likeness (QED) is 0.708. The minimum atomic E-state index is -1.09. The molecule has 2 amide bonds. The van der Waals surface area contributed by atoms with Gasteiger partial charge in [-0.15, -0.1) is 0 Å². The fourth-order valence-corrected chi connectivity index (χ4v) is 2.03. The van der Waals surface area contributed by atoms with Crippen molar-refractivity contribution in [2.75, 3.05) is 0 Å². The maximum Gasteiger partial charge on any atom is 0.326 e. The van der Waals surface area contributed by atoms with Crippen LogP contribution in [0.15, 0.2) is 24.3 Å². The Morgan fingerprint density at radius 1 is 1.13 bits per heavy atom. The molecule has 6 nitrogen and oxygen atoms in total. The molecule has 3 atom stereocenters. The van der Waals surface area contributed by atoms with Gasteiger partial charge in [0.05, 0.1) is 0 Å². The Balaban J connectivity index is 2.67. The number of aliphatic carboxylic acids is 1. The number of amides is 2. The van der Waals surface area contributed by atoms with Crippen LogP contribution in [0.2, 0.25) is 5.02 Å². The van der Waals surface area contributed by atoms with E-state index in [4.69, 9.17) is 11.6 Å². The largest absolute Gasteiger partial charge is 0.480 e. The molecule has 0 bridgehead atoms. The van der Waals surface area contributed by atoms with Gasteiger partial charge in [-0.3, -0.25) is 9.59 Å². The molecular weight excluding hydrogens is 320 g/mol. The number of hydrogen-bond donors (Lipinski definition) is 3. The first-order chi connectivity index (χ1) is 10.8. The lowest BCUT2D eigenvalue weighted by atomic mass is 9.99. The Morgan fingerprint density at radius 2 is 1.70 bits per heavy atom. The lowest BCUT2D eigenvalue weighted by Gasteiger charge is -2.22. The van der Waals surface area contributed by atoms with E-state index in [1.807, 2.05) is 6.92 Å². The first-order valence-electron chi connectivity index (χ1n) is 7.35. The third-order valence-corrected chi connectivity index (χ3v) is 3.88. The van der Waals surface area contributed by atoms with Gasteiger partial charge in [0.15, 0.2) is 0 Å². The third kappa shape index (κ3) is 5.56. The van der Waals surface area contributed by atoms with Crippen LogP contribution in [0.3, 0.4) is 0 Å². The van der Waals surface area contributed by atoms with Crippen molar-refractivity contribution in [3.05, 3.63) is 34.9 Å². The van der Waals surface area contributed by atoms with Crippen LogP contribution in [0.5, 0.6) is 0 Å². The Labute approximate surface area is 140 Å². The number of carbonyl (C=O) groups is 3. The third-order valence-electron chi connectivity index (χ3n) is 3.62. The van der Waals surface area contributed by atoms with Gasteiger partial charge < -0.3 is 15.7 Å². The second kappa shape index (κ2) is 8.53. The first-order valence-corrected chi connectivity index (χ1v) is 7.73. The van der Waals surface area contributed by atoms with Crippen molar-refractivity contribution in [3.8, 4) is 0 Å². The molecule has 1 unspecified atom stereocenters. The summed E-state index contributed by atoms with van der Waals surface area (Å²) in [5.41, 5.74) is 0.366. The number of carboxylic acids is 1. The summed E-state index contributed by atoms with van der Waals surface area (Å²) in [5.74, 6) is -2.28. The van der Waals surface area contributed by atoms with Gasteiger partial charge in [0, 0.05) is 10.6 Å². The standard InChI is InChI=1S/C16H21ClN2O4/c1-4-9(2)13(16(22)23)19-14(20)10(3)18-15(21)11-5-7-12(17)8-6-11/h5-10,13H,4H2,1-3H3,(H,18,21)(H,19,20)(H,22,23)/t9-,10?,13-/m0/s1. The highest BCUT2D eigenvalue weighted by Gasteiger charge is 2.27. The zero-order chi connectivity index (χ0) is 17.6. The number of carbonyl (C=O) groups excluding carboxylic acids is 2. The van der Waals surface area contributed by atoms with Gasteiger partial charge in [0.1, 0.15) is 12.1 Å². The lowest BCUT2D eigenvalue weighted by molar-refractivity contribution is -0.143. The number of rotatable bonds is 7. The summed E-state index contributed by atoms with van der Waals surface area (Å²) in [7, 11) is 0. The van der Waals surface area contributed by atoms with Gasteiger partial charge in [-0.25, -0.2) is 4.79 Å². The number of nitrogens with one attached hydrogen (secondary N) is 2. The van der Waals surface area contributed by atoms with E-state index < -0.39 is 29.9 Å². The molecule has 1 aromatic rings. The second-order valence-electron chi connectivity index (χ2n) is 5.41. The smallest absolute Gasteiger partial charge is 0.326 e. The highest BCUT2D eigenvalue weighted by atomic mass is 35.5. The highest BCUT2D eigenvalue weighted by Crippen LogP contribution is 2.10. The minimum Gasteiger partial charge on any atom is -0.480 e. The predicted octanol–water partition coefficient (Wildman–Crippen LogP) is 2.07. The average molecular weight is 341 g/mol. The monoisotopic (exact) mass is 340 g/mol. The fraction of sp³-hybridized carbons (Fsp3) is 0.438. The molecule has 0 heterocycles. The normalized spacial score (nSPS) is 14.4. The zero-order valence-corrected chi connectivity index (χ0v) is 14.1. The molecule has 7 heteroatoms. The molecule has 23 heavy (non-hydrogen) atoms. The van der Waals surface area contributed by atoms with Gasteiger partial charge in [-0.2, -0.15) is 0 Å². The van der Waals surface area contributed by atoms with Crippen molar-refractivity contribution in [3.63, 3.8) is 0 Å². The van der Waals surface area contributed by atoms with Crippen molar-refractivity contribution >= 4 is 29.4 Å². The molecule has 0 aromatic heterocycles. The number of carboxylic acid groups (broad SMARTS) is 1. The first kappa shape index (κ1) is 19.0. The van der Waals surface area contributed by atoms with Gasteiger partial charge >= 0.3 is 5.97 Å². The number of benzene rings is 1. The molecule has 0 spiro atoms. The van der Waals surface area contributed by atoms with E-state index in [2.05, 4.69) is 10.6 Å². The van der Waals surface area contributed by atoms with Gasteiger partial charge in [0.25, 0.3) is 5.91 Å². The van der Waals surface area contributed by atoms with Crippen LogP contribution in [-0.4, -0.2) is 35.0 Å². The van der Waals surface area contributed by atoms with Crippen LogP contribution in [0.4, 0.5) is 0 Å². The molecule has 0 saturated heterocycles. The fourth-order valence-electron chi connectivity index (χ4n) is 1.91. The van der Waals surface area contributed by atoms with Gasteiger partial charge in [-0.1, -0.05) is 31.9 Å². The molecule has 1 aromatic carbocycles. The summed E-state index contributed by atoms with van der Waals surface area (Å²) in [4.78, 5) is 35.3. The molecule has 0 aliphatic rings. The maximum absolute atomic E-state index is 12.1. The Hall–Kier alpha value is -2.08. The van der Waals surface area contributed by atoms with Crippen LogP contribution in [0.1, 0.15) is 37.6 Å². The van der Waals surface area contributed by atoms with Crippen molar-refractivity contribution in [2.45, 2.75) is 39.3 Å². The summed E-state index contributed by atoms with van der Waals surface area (Å²) in [6, 6.07) is 4.39. The lowest BCUT2D eigenvalue weighted by Crippen LogP contribution is -2.52. The summed E-state index contributed by atoms with van der Waals surface area (Å²) in [6.45, 7) is 5.09. The summed E-state index contributed by atoms with van der Waals surface area (Å²) >= 11 is 5.75. The van der Waals surface area contributed by atoms with E-state index >= 15 is 0 Å². The molecule has 3 N–H and O–H groups in total. The van der Waals surface area contributed by atoms with Crippen LogP contribution >= 0.6 is 11.6 Å². The van der Waals surface area contributed by atoms with E-state index in [1.165, 1.54) is 6.92 Å². The van der Waals surface area contributed by atoms with E-state index in [0.29, 0.717) is 17.0 Å². The predicted molar refractivity (Wildman–Crippen MR) is 87.4 cm³/mol. The van der Waals surface area contributed by atoms with Crippen LogP contribution in [-0.2, 0) is 9.59 Å². The molecule has 0 aliphatic heterocycles. The van der Waals surface area contributed by atoms with Gasteiger partial charge in [-0.05, 0) is 37.1 Å². The summed E-state index contributed by atoms with van der Waals surface area (Å²) < 4.78 is 0. The van der Waals surface area contributed by atoms with E-state index in [9.17, 15) is 19.5 Å². The summed E-state index contributed by atoms with van der Waals surface area (Å²) in [6.07, 6.45) is 0.614. The van der Waals surface area contributed by atoms with E-state index in [-0.39, 0.29) is 5.92 Å². The molecular formula is C16H21ClN2O4. The van der Waals surface area contributed by atoms with Gasteiger partial charge in [0.2, 0.25) is 5.91 Å². The Morgan fingerprint density at radius 3 is 2.17 bits per heavy atom. The Bertz CT molecular complexity index is 574. The van der Waals surface area contributed by atoms with E-state index in [0.717, 1.165) is 0 Å². The average Bonchev–Trinajstić information content (AvgIpc) is 2.51. The summed E-state index contributed by atoms with van der Waals surface area (Å²) in [5, 5.41) is 14.7. The van der Waals surface area contributed by atoms with Crippen LogP contribution in [0, 0.1) is 5.92 Å². The van der Waals surface area contributed by atoms with Crippen LogP contribution < -0.4 is 10.6 Å².